The van der Waals surface area contributed by atoms with Crippen molar-refractivity contribution in [1.29, 1.82) is 0 Å². The molecule has 30 heavy (non-hydrogen) atoms. The van der Waals surface area contributed by atoms with Crippen molar-refractivity contribution >= 4 is 26.9 Å². The van der Waals surface area contributed by atoms with Crippen molar-refractivity contribution in [1.82, 2.24) is 10.0 Å². The minimum Gasteiger partial charge on any atom is -0.491 e. The van der Waals surface area contributed by atoms with E-state index in [1.165, 1.54) is 6.07 Å². The van der Waals surface area contributed by atoms with Gasteiger partial charge in [0.15, 0.2) is 0 Å². The number of carbonyl (C=O) groups is 1. The third-order valence-corrected chi connectivity index (χ3v) is 5.43. The summed E-state index contributed by atoms with van der Waals surface area (Å²) in [5, 5.41) is 3.78. The summed E-state index contributed by atoms with van der Waals surface area (Å²) in [6.07, 6.45) is -0.597. The molecule has 0 aliphatic heterocycles. The molecule has 0 saturated heterocycles. The molecule has 166 valence electrons. The Morgan fingerprint density at radius 1 is 1.00 bits per heavy atom. The number of hydrogen-bond acceptors (Lipinski definition) is 6. The zero-order valence-corrected chi connectivity index (χ0v) is 18.7. The molecule has 0 fully saturated rings. The van der Waals surface area contributed by atoms with Gasteiger partial charge in [-0.3, -0.25) is 0 Å². The normalized spacial score (nSPS) is 12.0. The SMILES string of the molecule is CCOCCOc1ccc(S(=O)(=O)NCCNC(=O)OC(C)(C)C)c2ccccc12. The molecule has 0 radical (unpaired) electrons. The Morgan fingerprint density at radius 2 is 1.70 bits per heavy atom. The van der Waals surface area contributed by atoms with Crippen LogP contribution in [0.3, 0.4) is 0 Å². The molecule has 0 atom stereocenters. The molecule has 0 aromatic heterocycles. The van der Waals surface area contributed by atoms with Crippen molar-refractivity contribution in [2.24, 2.45) is 0 Å². The fourth-order valence-corrected chi connectivity index (χ4v) is 3.94. The van der Waals surface area contributed by atoms with Gasteiger partial charge >= 0.3 is 6.09 Å². The highest BCUT2D eigenvalue weighted by Gasteiger charge is 2.19. The summed E-state index contributed by atoms with van der Waals surface area (Å²) in [6.45, 7) is 8.74. The molecule has 2 aromatic rings. The van der Waals surface area contributed by atoms with Gasteiger partial charge < -0.3 is 19.5 Å². The Kier molecular flexibility index (Phi) is 8.45. The van der Waals surface area contributed by atoms with Crippen LogP contribution in [0.5, 0.6) is 5.75 Å². The molecule has 9 heteroatoms. The molecule has 0 spiro atoms. The molecule has 0 bridgehead atoms. The van der Waals surface area contributed by atoms with E-state index in [1.54, 1.807) is 39.0 Å². The first kappa shape index (κ1) is 23.9. The maximum atomic E-state index is 12.8. The number of carbonyl (C=O) groups excluding carboxylic acids is 1. The maximum Gasteiger partial charge on any atom is 0.407 e. The van der Waals surface area contributed by atoms with Gasteiger partial charge in [0.1, 0.15) is 18.0 Å². The zero-order chi connectivity index (χ0) is 22.2. The fourth-order valence-electron chi connectivity index (χ4n) is 2.70. The lowest BCUT2D eigenvalue weighted by Gasteiger charge is -2.19. The molecule has 0 heterocycles. The largest absolute Gasteiger partial charge is 0.491 e. The summed E-state index contributed by atoms with van der Waals surface area (Å²) in [6, 6.07) is 10.3. The third kappa shape index (κ3) is 7.16. The summed E-state index contributed by atoms with van der Waals surface area (Å²) in [4.78, 5) is 11.8. The zero-order valence-electron chi connectivity index (χ0n) is 17.9. The van der Waals surface area contributed by atoms with Crippen LogP contribution in [0.2, 0.25) is 0 Å². The van der Waals surface area contributed by atoms with E-state index in [0.29, 0.717) is 36.3 Å². The molecule has 1 amide bonds. The second kappa shape index (κ2) is 10.6. The standard InChI is InChI=1S/C21H30N2O6S/c1-5-27-14-15-28-18-10-11-19(17-9-7-6-8-16(17)18)30(25,26)23-13-12-22-20(24)29-21(2,3)4/h6-11,23H,5,12-15H2,1-4H3,(H,22,24). The second-order valence-corrected chi connectivity index (χ2v) is 9.21. The average Bonchev–Trinajstić information content (AvgIpc) is 2.67. The van der Waals surface area contributed by atoms with Gasteiger partial charge in [-0.05, 0) is 39.8 Å². The summed E-state index contributed by atoms with van der Waals surface area (Å²) in [5.41, 5.74) is -0.616. The van der Waals surface area contributed by atoms with Crippen molar-refractivity contribution < 1.29 is 27.4 Å². The predicted octanol–water partition coefficient (Wildman–Crippen LogP) is 3.06. The number of alkyl carbamates (subject to hydrolysis) is 1. The lowest BCUT2D eigenvalue weighted by Crippen LogP contribution is -2.37. The van der Waals surface area contributed by atoms with Crippen molar-refractivity contribution in [2.75, 3.05) is 32.9 Å². The van der Waals surface area contributed by atoms with E-state index < -0.39 is 21.7 Å². The van der Waals surface area contributed by atoms with E-state index in [-0.39, 0.29) is 18.0 Å². The molecular weight excluding hydrogens is 408 g/mol. The lowest BCUT2D eigenvalue weighted by atomic mass is 10.1. The summed E-state index contributed by atoms with van der Waals surface area (Å²) >= 11 is 0. The van der Waals surface area contributed by atoms with Gasteiger partial charge in [-0.25, -0.2) is 17.9 Å². The number of sulfonamides is 1. The monoisotopic (exact) mass is 438 g/mol. The highest BCUT2D eigenvalue weighted by atomic mass is 32.2. The fraction of sp³-hybridized carbons (Fsp3) is 0.476. The number of amides is 1. The second-order valence-electron chi connectivity index (χ2n) is 7.48. The predicted molar refractivity (Wildman–Crippen MR) is 115 cm³/mol. The van der Waals surface area contributed by atoms with E-state index in [0.717, 1.165) is 0 Å². The molecule has 2 rings (SSSR count). The van der Waals surface area contributed by atoms with Crippen LogP contribution in [0.1, 0.15) is 27.7 Å². The Hall–Kier alpha value is -2.36. The number of nitrogens with one attached hydrogen (secondary N) is 2. The Balaban J connectivity index is 2.06. The first-order valence-electron chi connectivity index (χ1n) is 9.83. The van der Waals surface area contributed by atoms with Crippen LogP contribution in [0.15, 0.2) is 41.3 Å². The molecule has 0 aliphatic carbocycles. The molecule has 0 aliphatic rings. The quantitative estimate of drug-likeness (QED) is 0.553. The van der Waals surface area contributed by atoms with E-state index in [4.69, 9.17) is 14.2 Å². The Bertz CT molecular complexity index is 954. The molecule has 0 unspecified atom stereocenters. The van der Waals surface area contributed by atoms with E-state index >= 15 is 0 Å². The molecule has 8 nitrogen and oxygen atoms in total. The summed E-state index contributed by atoms with van der Waals surface area (Å²) in [7, 11) is -3.79. The minimum atomic E-state index is -3.79. The summed E-state index contributed by atoms with van der Waals surface area (Å²) in [5.74, 6) is 0.593. The van der Waals surface area contributed by atoms with Gasteiger partial charge in [-0.15, -0.1) is 0 Å². The van der Waals surface area contributed by atoms with Crippen LogP contribution in [-0.2, 0) is 19.5 Å². The van der Waals surface area contributed by atoms with Crippen molar-refractivity contribution in [2.45, 2.75) is 38.2 Å². The number of benzene rings is 2. The highest BCUT2D eigenvalue weighted by molar-refractivity contribution is 7.89. The van der Waals surface area contributed by atoms with Gasteiger partial charge in [0.25, 0.3) is 0 Å². The minimum absolute atomic E-state index is 0.0303. The highest BCUT2D eigenvalue weighted by Crippen LogP contribution is 2.31. The van der Waals surface area contributed by atoms with Gasteiger partial charge in [-0.2, -0.15) is 0 Å². The van der Waals surface area contributed by atoms with Crippen LogP contribution >= 0.6 is 0 Å². The molecule has 2 aromatic carbocycles. The van der Waals surface area contributed by atoms with Crippen LogP contribution in [0.4, 0.5) is 4.79 Å². The first-order valence-corrected chi connectivity index (χ1v) is 11.3. The van der Waals surface area contributed by atoms with Crippen LogP contribution < -0.4 is 14.8 Å². The van der Waals surface area contributed by atoms with Crippen LogP contribution in [0.25, 0.3) is 10.8 Å². The Labute approximate surface area is 177 Å². The van der Waals surface area contributed by atoms with E-state index in [1.807, 2.05) is 19.1 Å². The number of hydrogen-bond donors (Lipinski definition) is 2. The molecule has 2 N–H and O–H groups in total. The lowest BCUT2D eigenvalue weighted by molar-refractivity contribution is 0.0529. The average molecular weight is 439 g/mol. The van der Waals surface area contributed by atoms with Gasteiger partial charge in [0.05, 0.1) is 11.5 Å². The van der Waals surface area contributed by atoms with Crippen LogP contribution in [0, 0.1) is 0 Å². The topological polar surface area (TPSA) is 103 Å². The summed E-state index contributed by atoms with van der Waals surface area (Å²) < 4.78 is 44.3. The third-order valence-electron chi connectivity index (χ3n) is 3.91. The first-order chi connectivity index (χ1) is 14.1. The van der Waals surface area contributed by atoms with Gasteiger partial charge in [0, 0.05) is 30.5 Å². The number of ether oxygens (including phenoxy) is 3. The maximum absolute atomic E-state index is 12.8. The van der Waals surface area contributed by atoms with Crippen molar-refractivity contribution in [3.63, 3.8) is 0 Å². The van der Waals surface area contributed by atoms with E-state index in [2.05, 4.69) is 10.0 Å². The van der Waals surface area contributed by atoms with E-state index in [9.17, 15) is 13.2 Å². The van der Waals surface area contributed by atoms with Crippen molar-refractivity contribution in [3.05, 3.63) is 36.4 Å². The van der Waals surface area contributed by atoms with Crippen molar-refractivity contribution in [3.8, 4) is 5.75 Å². The molecular formula is C21H30N2O6S. The number of rotatable bonds is 10. The molecule has 0 saturated carbocycles. The van der Waals surface area contributed by atoms with Gasteiger partial charge in [0.2, 0.25) is 10.0 Å². The smallest absolute Gasteiger partial charge is 0.407 e. The number of fused-ring (bicyclic) bond motifs is 1. The van der Waals surface area contributed by atoms with Gasteiger partial charge in [-0.1, -0.05) is 24.3 Å². The van der Waals surface area contributed by atoms with Crippen LogP contribution in [-0.4, -0.2) is 53.0 Å². The Morgan fingerprint density at radius 3 is 2.37 bits per heavy atom.